The second-order valence-electron chi connectivity index (χ2n) is 8.06. The summed E-state index contributed by atoms with van der Waals surface area (Å²) in [6.45, 7) is 2.19. The van der Waals surface area contributed by atoms with E-state index in [0.717, 1.165) is 36.3 Å². The molecule has 33 heavy (non-hydrogen) atoms. The molecular formula is C25H25N5O3. The average Bonchev–Trinajstić information content (AvgIpc) is 3.53. The SMILES string of the molecule is O=C(c1cnn2cccnc12)N(Cc1ccc(OCc2cccnc2)cc1)C[C@@H]1CCCO1. The first-order chi connectivity index (χ1) is 16.3. The van der Waals surface area contributed by atoms with Crippen LogP contribution in [0.1, 0.15) is 34.3 Å². The van der Waals surface area contributed by atoms with Gasteiger partial charge in [0.1, 0.15) is 17.9 Å². The first kappa shape index (κ1) is 21.1. The molecule has 0 saturated carbocycles. The topological polar surface area (TPSA) is 81.9 Å². The summed E-state index contributed by atoms with van der Waals surface area (Å²) >= 11 is 0. The summed E-state index contributed by atoms with van der Waals surface area (Å²) in [4.78, 5) is 23.8. The molecule has 4 heterocycles. The van der Waals surface area contributed by atoms with Gasteiger partial charge in [0.2, 0.25) is 0 Å². The Morgan fingerprint density at radius 1 is 1.12 bits per heavy atom. The van der Waals surface area contributed by atoms with E-state index in [-0.39, 0.29) is 12.0 Å². The van der Waals surface area contributed by atoms with E-state index >= 15 is 0 Å². The number of carbonyl (C=O) groups is 1. The third-order valence-corrected chi connectivity index (χ3v) is 5.67. The number of benzene rings is 1. The number of nitrogens with zero attached hydrogens (tertiary/aromatic N) is 5. The van der Waals surface area contributed by atoms with Crippen LogP contribution in [0.5, 0.6) is 5.75 Å². The standard InChI is InChI=1S/C25H25N5O3/c31-25(23-15-28-30-12-3-11-27-24(23)30)29(17-22-5-2-13-32-22)16-19-6-8-21(9-7-19)33-18-20-4-1-10-26-14-20/h1,3-4,6-12,14-15,22H,2,5,13,16-18H2/t22-/m0/s1. The van der Waals surface area contributed by atoms with Gasteiger partial charge in [0.05, 0.1) is 12.3 Å². The zero-order valence-corrected chi connectivity index (χ0v) is 18.2. The Morgan fingerprint density at radius 3 is 2.82 bits per heavy atom. The average molecular weight is 444 g/mol. The van der Waals surface area contributed by atoms with Crippen molar-refractivity contribution in [3.8, 4) is 5.75 Å². The lowest BCUT2D eigenvalue weighted by atomic mass is 10.1. The monoisotopic (exact) mass is 443 g/mol. The second-order valence-corrected chi connectivity index (χ2v) is 8.06. The minimum Gasteiger partial charge on any atom is -0.489 e. The van der Waals surface area contributed by atoms with Gasteiger partial charge >= 0.3 is 0 Å². The van der Waals surface area contributed by atoms with E-state index in [4.69, 9.17) is 9.47 Å². The Balaban J connectivity index is 1.31. The quantitative estimate of drug-likeness (QED) is 0.414. The summed E-state index contributed by atoms with van der Waals surface area (Å²) in [5.74, 6) is 0.669. The molecule has 0 aliphatic carbocycles. The molecule has 1 fully saturated rings. The molecule has 168 valence electrons. The van der Waals surface area contributed by atoms with E-state index < -0.39 is 0 Å². The molecule has 1 amide bonds. The molecule has 1 saturated heterocycles. The van der Waals surface area contributed by atoms with Crippen LogP contribution in [0.15, 0.2) is 73.4 Å². The summed E-state index contributed by atoms with van der Waals surface area (Å²) < 4.78 is 13.3. The largest absolute Gasteiger partial charge is 0.489 e. The van der Waals surface area contributed by atoms with Crippen molar-refractivity contribution in [2.24, 2.45) is 0 Å². The van der Waals surface area contributed by atoms with Crippen LogP contribution in [0.3, 0.4) is 0 Å². The number of rotatable bonds is 8. The van der Waals surface area contributed by atoms with Crippen molar-refractivity contribution in [3.63, 3.8) is 0 Å². The number of aromatic nitrogens is 4. The Labute approximate surface area is 191 Å². The van der Waals surface area contributed by atoms with E-state index in [2.05, 4.69) is 15.1 Å². The fraction of sp³-hybridized carbons (Fsp3) is 0.280. The van der Waals surface area contributed by atoms with Crippen molar-refractivity contribution in [1.29, 1.82) is 0 Å². The van der Waals surface area contributed by atoms with Gasteiger partial charge in [0, 0.05) is 50.0 Å². The van der Waals surface area contributed by atoms with Crippen LogP contribution >= 0.6 is 0 Å². The van der Waals surface area contributed by atoms with Crippen molar-refractivity contribution >= 4 is 11.6 Å². The molecule has 8 nitrogen and oxygen atoms in total. The zero-order chi connectivity index (χ0) is 22.5. The van der Waals surface area contributed by atoms with Crippen molar-refractivity contribution in [3.05, 3.63) is 90.1 Å². The van der Waals surface area contributed by atoms with Crippen LogP contribution in [0.4, 0.5) is 0 Å². The molecule has 5 rings (SSSR count). The van der Waals surface area contributed by atoms with Crippen LogP contribution in [0, 0.1) is 0 Å². The van der Waals surface area contributed by atoms with Crippen molar-refractivity contribution in [2.45, 2.75) is 32.1 Å². The van der Waals surface area contributed by atoms with Gasteiger partial charge in [-0.05, 0) is 42.7 Å². The highest BCUT2D eigenvalue weighted by atomic mass is 16.5. The first-order valence-electron chi connectivity index (χ1n) is 11.1. The van der Waals surface area contributed by atoms with Gasteiger partial charge in [0.15, 0.2) is 5.65 Å². The normalized spacial score (nSPS) is 15.6. The van der Waals surface area contributed by atoms with Crippen LogP contribution in [-0.2, 0) is 17.9 Å². The van der Waals surface area contributed by atoms with E-state index in [1.165, 1.54) is 0 Å². The Hall–Kier alpha value is -3.78. The smallest absolute Gasteiger partial charge is 0.259 e. The molecule has 0 N–H and O–H groups in total. The number of fused-ring (bicyclic) bond motifs is 1. The highest BCUT2D eigenvalue weighted by Gasteiger charge is 2.26. The maximum atomic E-state index is 13.5. The van der Waals surface area contributed by atoms with Crippen molar-refractivity contribution < 1.29 is 14.3 Å². The molecule has 0 bridgehead atoms. The van der Waals surface area contributed by atoms with Gasteiger partial charge in [0.25, 0.3) is 5.91 Å². The lowest BCUT2D eigenvalue weighted by Gasteiger charge is -2.25. The van der Waals surface area contributed by atoms with Crippen LogP contribution < -0.4 is 4.74 Å². The summed E-state index contributed by atoms with van der Waals surface area (Å²) in [5.41, 5.74) is 3.07. The number of carbonyl (C=O) groups excluding carboxylic acids is 1. The maximum absolute atomic E-state index is 13.5. The van der Waals surface area contributed by atoms with Crippen LogP contribution in [0.25, 0.3) is 5.65 Å². The summed E-state index contributed by atoms with van der Waals surface area (Å²) in [7, 11) is 0. The van der Waals surface area contributed by atoms with E-state index in [1.807, 2.05) is 41.3 Å². The molecule has 1 aliphatic rings. The molecule has 1 atom stereocenters. The third kappa shape index (κ3) is 5.01. The van der Waals surface area contributed by atoms with Gasteiger partial charge in [-0.25, -0.2) is 9.50 Å². The first-order valence-corrected chi connectivity index (χ1v) is 11.1. The third-order valence-electron chi connectivity index (χ3n) is 5.67. The Morgan fingerprint density at radius 2 is 2.03 bits per heavy atom. The molecule has 0 spiro atoms. The number of hydrogen-bond donors (Lipinski definition) is 0. The van der Waals surface area contributed by atoms with E-state index in [0.29, 0.717) is 30.9 Å². The zero-order valence-electron chi connectivity index (χ0n) is 18.2. The summed E-state index contributed by atoms with van der Waals surface area (Å²) in [5, 5.41) is 4.27. The molecule has 8 heteroatoms. The molecule has 0 unspecified atom stereocenters. The maximum Gasteiger partial charge on any atom is 0.259 e. The number of hydrogen-bond acceptors (Lipinski definition) is 6. The predicted octanol–water partition coefficient (Wildman–Crippen LogP) is 3.52. The molecule has 0 radical (unpaired) electrons. The summed E-state index contributed by atoms with van der Waals surface area (Å²) in [6.07, 6.45) is 10.6. The second kappa shape index (κ2) is 9.79. The molecular weight excluding hydrogens is 418 g/mol. The number of ether oxygens (including phenoxy) is 2. The van der Waals surface area contributed by atoms with Gasteiger partial charge in [-0.3, -0.25) is 9.78 Å². The van der Waals surface area contributed by atoms with Crippen LogP contribution in [0.2, 0.25) is 0 Å². The fourth-order valence-electron chi connectivity index (χ4n) is 3.96. The van der Waals surface area contributed by atoms with Crippen molar-refractivity contribution in [1.82, 2.24) is 24.5 Å². The Bertz CT molecular complexity index is 1200. The minimum atomic E-state index is -0.101. The van der Waals surface area contributed by atoms with Crippen LogP contribution in [-0.4, -0.2) is 49.6 Å². The fourth-order valence-corrected chi connectivity index (χ4v) is 3.96. The van der Waals surface area contributed by atoms with Gasteiger partial charge < -0.3 is 14.4 Å². The highest BCUT2D eigenvalue weighted by Crippen LogP contribution is 2.20. The minimum absolute atomic E-state index is 0.0471. The molecule has 1 aromatic carbocycles. The van der Waals surface area contributed by atoms with E-state index in [1.54, 1.807) is 41.6 Å². The van der Waals surface area contributed by atoms with E-state index in [9.17, 15) is 4.79 Å². The summed E-state index contributed by atoms with van der Waals surface area (Å²) in [6, 6.07) is 13.5. The lowest BCUT2D eigenvalue weighted by molar-refractivity contribution is 0.0508. The number of amides is 1. The predicted molar refractivity (Wildman–Crippen MR) is 122 cm³/mol. The molecule has 4 aromatic rings. The lowest BCUT2D eigenvalue weighted by Crippen LogP contribution is -2.37. The Kier molecular flexibility index (Phi) is 6.25. The molecule has 3 aromatic heterocycles. The highest BCUT2D eigenvalue weighted by molar-refractivity contribution is 5.99. The van der Waals surface area contributed by atoms with Gasteiger partial charge in [-0.1, -0.05) is 18.2 Å². The number of pyridine rings is 1. The van der Waals surface area contributed by atoms with Gasteiger partial charge in [-0.2, -0.15) is 5.10 Å². The van der Waals surface area contributed by atoms with Crippen molar-refractivity contribution in [2.75, 3.05) is 13.2 Å². The molecule has 1 aliphatic heterocycles. The van der Waals surface area contributed by atoms with Gasteiger partial charge in [-0.15, -0.1) is 0 Å².